The van der Waals surface area contributed by atoms with E-state index in [0.717, 1.165) is 18.2 Å². The van der Waals surface area contributed by atoms with E-state index < -0.39 is 11.6 Å². The van der Waals surface area contributed by atoms with E-state index in [2.05, 4.69) is 21.2 Å². The highest BCUT2D eigenvalue weighted by atomic mass is 79.9. The summed E-state index contributed by atoms with van der Waals surface area (Å²) in [5, 5.41) is 2.73. The topological polar surface area (TPSA) is 12.0 Å². The molecule has 0 fully saturated rings. The number of hydrogen-bond donors (Lipinski definition) is 1. The molecule has 2 aromatic rings. The lowest BCUT2D eigenvalue weighted by Crippen LogP contribution is -2.03. The van der Waals surface area contributed by atoms with Crippen LogP contribution in [-0.4, -0.2) is 0 Å². The van der Waals surface area contributed by atoms with Crippen molar-refractivity contribution in [1.29, 1.82) is 0 Å². The fourth-order valence-electron chi connectivity index (χ4n) is 1.50. The highest BCUT2D eigenvalue weighted by Crippen LogP contribution is 2.21. The van der Waals surface area contributed by atoms with E-state index in [4.69, 9.17) is 0 Å². The third kappa shape index (κ3) is 3.04. The maximum Gasteiger partial charge on any atom is 0.146 e. The van der Waals surface area contributed by atoms with Crippen LogP contribution in [0, 0.1) is 17.5 Å². The molecule has 0 amide bonds. The van der Waals surface area contributed by atoms with Crippen LogP contribution in [0.2, 0.25) is 0 Å². The van der Waals surface area contributed by atoms with E-state index in [-0.39, 0.29) is 18.0 Å². The average Bonchev–Trinajstić information content (AvgIpc) is 2.34. The highest BCUT2D eigenvalue weighted by Gasteiger charge is 2.06. The fraction of sp³-hybridized carbons (Fsp3) is 0.0769. The van der Waals surface area contributed by atoms with Crippen LogP contribution in [-0.2, 0) is 6.54 Å². The van der Waals surface area contributed by atoms with Crippen LogP contribution in [0.25, 0.3) is 0 Å². The van der Waals surface area contributed by atoms with Gasteiger partial charge in [-0.2, -0.15) is 0 Å². The van der Waals surface area contributed by atoms with Gasteiger partial charge in [0, 0.05) is 11.0 Å². The summed E-state index contributed by atoms with van der Waals surface area (Å²) in [5.74, 6) is -1.46. The molecule has 0 atom stereocenters. The summed E-state index contributed by atoms with van der Waals surface area (Å²) < 4.78 is 40.0. The van der Waals surface area contributed by atoms with Crippen molar-refractivity contribution in [3.8, 4) is 0 Å². The predicted molar refractivity (Wildman–Crippen MR) is 67.8 cm³/mol. The summed E-state index contributed by atoms with van der Waals surface area (Å²) in [4.78, 5) is 0. The molecule has 18 heavy (non-hydrogen) atoms. The molecule has 2 rings (SSSR count). The first-order chi connectivity index (χ1) is 8.56. The van der Waals surface area contributed by atoms with Gasteiger partial charge in [-0.15, -0.1) is 0 Å². The van der Waals surface area contributed by atoms with E-state index in [1.54, 1.807) is 6.07 Å². The first-order valence-corrected chi connectivity index (χ1v) is 5.98. The Labute approximate surface area is 111 Å². The Morgan fingerprint density at radius 1 is 0.944 bits per heavy atom. The third-order valence-electron chi connectivity index (χ3n) is 2.41. The summed E-state index contributed by atoms with van der Waals surface area (Å²) in [6, 6.07) is 7.35. The molecule has 0 bridgehead atoms. The number of rotatable bonds is 3. The predicted octanol–water partition coefficient (Wildman–Crippen LogP) is 4.48. The standard InChI is InChI=1S/C13H9BrF3N/c14-11-3-1-9(15)5-8(11)7-18-13-6-10(16)2-4-12(13)17/h1-6,18H,7H2. The quantitative estimate of drug-likeness (QED) is 0.880. The van der Waals surface area contributed by atoms with Crippen LogP contribution in [0.15, 0.2) is 40.9 Å². The summed E-state index contributed by atoms with van der Waals surface area (Å²) in [6.45, 7) is 0.193. The van der Waals surface area contributed by atoms with Crippen molar-refractivity contribution in [1.82, 2.24) is 0 Å². The molecule has 0 saturated carbocycles. The van der Waals surface area contributed by atoms with Crippen LogP contribution < -0.4 is 5.32 Å². The fourth-order valence-corrected chi connectivity index (χ4v) is 1.89. The Hall–Kier alpha value is -1.49. The molecule has 0 saturated heterocycles. The molecular formula is C13H9BrF3N. The van der Waals surface area contributed by atoms with Crippen molar-refractivity contribution in [2.45, 2.75) is 6.54 Å². The summed E-state index contributed by atoms with van der Waals surface area (Å²) in [7, 11) is 0. The number of hydrogen-bond acceptors (Lipinski definition) is 1. The van der Waals surface area contributed by atoms with Crippen molar-refractivity contribution in [2.24, 2.45) is 0 Å². The molecule has 0 unspecified atom stereocenters. The molecule has 94 valence electrons. The lowest BCUT2D eigenvalue weighted by molar-refractivity contribution is 0.602. The normalized spacial score (nSPS) is 10.4. The van der Waals surface area contributed by atoms with E-state index in [1.165, 1.54) is 12.1 Å². The van der Waals surface area contributed by atoms with Crippen LogP contribution in [0.4, 0.5) is 18.9 Å². The minimum absolute atomic E-state index is 0.0474. The molecule has 0 aromatic heterocycles. The van der Waals surface area contributed by atoms with Crippen molar-refractivity contribution in [2.75, 3.05) is 5.32 Å². The van der Waals surface area contributed by atoms with Gasteiger partial charge in [0.1, 0.15) is 17.5 Å². The molecule has 1 nitrogen and oxygen atoms in total. The minimum atomic E-state index is -0.552. The van der Waals surface area contributed by atoms with Crippen LogP contribution in [0.3, 0.4) is 0 Å². The molecule has 5 heteroatoms. The largest absolute Gasteiger partial charge is 0.378 e. The zero-order valence-corrected chi connectivity index (χ0v) is 10.8. The molecule has 0 spiro atoms. The van der Waals surface area contributed by atoms with Gasteiger partial charge >= 0.3 is 0 Å². The van der Waals surface area contributed by atoms with E-state index >= 15 is 0 Å². The Bertz CT molecular complexity index is 521. The van der Waals surface area contributed by atoms with Crippen LogP contribution >= 0.6 is 15.9 Å². The van der Waals surface area contributed by atoms with Gasteiger partial charge in [0.05, 0.1) is 5.69 Å². The lowest BCUT2D eigenvalue weighted by atomic mass is 10.2. The van der Waals surface area contributed by atoms with E-state index in [9.17, 15) is 13.2 Å². The first kappa shape index (κ1) is 13.0. The molecule has 0 radical (unpaired) electrons. The second-order valence-corrected chi connectivity index (χ2v) is 4.57. The van der Waals surface area contributed by atoms with Gasteiger partial charge in [0.2, 0.25) is 0 Å². The number of nitrogens with one attached hydrogen (secondary N) is 1. The third-order valence-corrected chi connectivity index (χ3v) is 3.18. The van der Waals surface area contributed by atoms with Gasteiger partial charge < -0.3 is 5.32 Å². The second-order valence-electron chi connectivity index (χ2n) is 3.71. The maximum atomic E-state index is 13.3. The van der Waals surface area contributed by atoms with Crippen molar-refractivity contribution < 1.29 is 13.2 Å². The first-order valence-electron chi connectivity index (χ1n) is 5.19. The number of halogens is 4. The number of benzene rings is 2. The lowest BCUT2D eigenvalue weighted by Gasteiger charge is -2.09. The molecule has 0 aliphatic heterocycles. The van der Waals surface area contributed by atoms with Gasteiger partial charge in [-0.3, -0.25) is 0 Å². The van der Waals surface area contributed by atoms with Gasteiger partial charge in [0.25, 0.3) is 0 Å². The monoisotopic (exact) mass is 315 g/mol. The Kier molecular flexibility index (Phi) is 3.91. The van der Waals surface area contributed by atoms with Gasteiger partial charge in [-0.1, -0.05) is 15.9 Å². The molecule has 0 aliphatic rings. The van der Waals surface area contributed by atoms with Crippen molar-refractivity contribution >= 4 is 21.6 Å². The molecule has 1 N–H and O–H groups in total. The minimum Gasteiger partial charge on any atom is -0.378 e. The second kappa shape index (κ2) is 5.44. The van der Waals surface area contributed by atoms with Gasteiger partial charge in [-0.25, -0.2) is 13.2 Å². The summed E-state index contributed by atoms with van der Waals surface area (Å²) in [5.41, 5.74) is 0.671. The molecular weight excluding hydrogens is 307 g/mol. The zero-order valence-electron chi connectivity index (χ0n) is 9.18. The Balaban J connectivity index is 2.16. The molecule has 0 heterocycles. The molecule has 2 aromatic carbocycles. The van der Waals surface area contributed by atoms with E-state index in [0.29, 0.717) is 10.0 Å². The molecule has 0 aliphatic carbocycles. The Morgan fingerprint density at radius 2 is 1.61 bits per heavy atom. The summed E-state index contributed by atoms with van der Waals surface area (Å²) >= 11 is 3.26. The number of anilines is 1. The van der Waals surface area contributed by atoms with Crippen LogP contribution in [0.1, 0.15) is 5.56 Å². The van der Waals surface area contributed by atoms with E-state index in [1.807, 2.05) is 0 Å². The summed E-state index contributed by atoms with van der Waals surface area (Å²) in [6.07, 6.45) is 0. The smallest absolute Gasteiger partial charge is 0.146 e. The van der Waals surface area contributed by atoms with Crippen molar-refractivity contribution in [3.05, 3.63) is 63.9 Å². The van der Waals surface area contributed by atoms with Crippen LogP contribution in [0.5, 0.6) is 0 Å². The maximum absolute atomic E-state index is 13.3. The zero-order chi connectivity index (χ0) is 13.1. The Morgan fingerprint density at radius 3 is 2.39 bits per heavy atom. The highest BCUT2D eigenvalue weighted by molar-refractivity contribution is 9.10. The van der Waals surface area contributed by atoms with Gasteiger partial charge in [-0.05, 0) is 42.0 Å². The SMILES string of the molecule is Fc1ccc(Br)c(CNc2cc(F)ccc2F)c1. The average molecular weight is 316 g/mol. The van der Waals surface area contributed by atoms with Crippen molar-refractivity contribution in [3.63, 3.8) is 0 Å². The van der Waals surface area contributed by atoms with Gasteiger partial charge in [0.15, 0.2) is 0 Å².